The van der Waals surface area contributed by atoms with Crippen LogP contribution >= 0.6 is 0 Å². The third-order valence-corrected chi connectivity index (χ3v) is 5.51. The van der Waals surface area contributed by atoms with E-state index in [-0.39, 0.29) is 10.6 Å². The number of benzene rings is 2. The van der Waals surface area contributed by atoms with Crippen LogP contribution in [0.25, 0.3) is 11.3 Å². The average Bonchev–Trinajstić information content (AvgIpc) is 3.12. The molecule has 1 heterocycles. The molecular formula is C18H17NO5S. The highest BCUT2D eigenvalue weighted by Gasteiger charge is 2.20. The molecule has 0 aliphatic carbocycles. The molecule has 3 rings (SSSR count). The minimum absolute atomic E-state index is 0.0606. The SMILES string of the molecule is COc1ccc(S(=O)(=O)n2cccc2-c2ccc(OC)c(O)c2)cc1. The molecule has 2 aromatic carbocycles. The number of aromatic hydroxyl groups is 1. The van der Waals surface area contributed by atoms with Gasteiger partial charge in [0.1, 0.15) is 5.75 Å². The Hall–Kier alpha value is -2.93. The number of methoxy groups -OCH3 is 2. The Bertz CT molecular complexity index is 991. The number of ether oxygens (including phenoxy) is 2. The first-order valence-electron chi connectivity index (χ1n) is 7.41. The van der Waals surface area contributed by atoms with Crippen molar-refractivity contribution in [2.45, 2.75) is 4.90 Å². The molecule has 0 radical (unpaired) electrons. The third kappa shape index (κ3) is 3.06. The summed E-state index contributed by atoms with van der Waals surface area (Å²) >= 11 is 0. The van der Waals surface area contributed by atoms with Crippen LogP contribution in [-0.2, 0) is 10.0 Å². The number of rotatable bonds is 5. The molecule has 0 saturated carbocycles. The van der Waals surface area contributed by atoms with E-state index in [1.807, 2.05) is 0 Å². The van der Waals surface area contributed by atoms with Crippen LogP contribution in [0.15, 0.2) is 65.7 Å². The second kappa shape index (κ2) is 6.52. The Morgan fingerprint density at radius 3 is 2.28 bits per heavy atom. The lowest BCUT2D eigenvalue weighted by atomic mass is 10.1. The lowest BCUT2D eigenvalue weighted by molar-refractivity contribution is 0.373. The summed E-state index contributed by atoms with van der Waals surface area (Å²) in [4.78, 5) is 0.142. The number of aromatic nitrogens is 1. The Kier molecular flexibility index (Phi) is 4.41. The summed E-state index contributed by atoms with van der Waals surface area (Å²) in [6, 6.07) is 14.2. The van der Waals surface area contributed by atoms with Crippen molar-refractivity contribution in [1.82, 2.24) is 3.97 Å². The van der Waals surface area contributed by atoms with E-state index in [0.29, 0.717) is 22.8 Å². The van der Waals surface area contributed by atoms with Gasteiger partial charge in [-0.15, -0.1) is 0 Å². The Morgan fingerprint density at radius 1 is 0.960 bits per heavy atom. The van der Waals surface area contributed by atoms with E-state index in [1.165, 1.54) is 42.6 Å². The molecule has 130 valence electrons. The summed E-state index contributed by atoms with van der Waals surface area (Å²) in [7, 11) is -0.812. The number of hydrogen-bond acceptors (Lipinski definition) is 5. The second-order valence-electron chi connectivity index (χ2n) is 5.26. The first kappa shape index (κ1) is 16.9. The minimum Gasteiger partial charge on any atom is -0.504 e. The lowest BCUT2D eigenvalue weighted by Gasteiger charge is -2.12. The van der Waals surface area contributed by atoms with Gasteiger partial charge in [0.2, 0.25) is 0 Å². The number of phenols is 1. The molecule has 6 nitrogen and oxygen atoms in total. The summed E-state index contributed by atoms with van der Waals surface area (Å²) in [5.41, 5.74) is 0.995. The molecular weight excluding hydrogens is 342 g/mol. The first-order valence-corrected chi connectivity index (χ1v) is 8.85. The number of phenolic OH excluding ortho intramolecular Hbond substituents is 1. The maximum Gasteiger partial charge on any atom is 0.268 e. The monoisotopic (exact) mass is 359 g/mol. The predicted molar refractivity (Wildman–Crippen MR) is 93.7 cm³/mol. The lowest BCUT2D eigenvalue weighted by Crippen LogP contribution is -2.13. The van der Waals surface area contributed by atoms with Gasteiger partial charge in [-0.05, 0) is 54.6 Å². The van der Waals surface area contributed by atoms with Gasteiger partial charge in [0.25, 0.3) is 10.0 Å². The molecule has 1 aromatic heterocycles. The van der Waals surface area contributed by atoms with Gasteiger partial charge < -0.3 is 14.6 Å². The van der Waals surface area contributed by atoms with E-state index in [9.17, 15) is 13.5 Å². The topological polar surface area (TPSA) is 77.8 Å². The molecule has 0 aliphatic heterocycles. The highest BCUT2D eigenvalue weighted by molar-refractivity contribution is 7.90. The van der Waals surface area contributed by atoms with E-state index in [0.717, 1.165) is 0 Å². The van der Waals surface area contributed by atoms with Crippen molar-refractivity contribution in [2.24, 2.45) is 0 Å². The van der Waals surface area contributed by atoms with Crippen LogP contribution in [0.3, 0.4) is 0 Å². The molecule has 3 aromatic rings. The van der Waals surface area contributed by atoms with Crippen molar-refractivity contribution >= 4 is 10.0 Å². The largest absolute Gasteiger partial charge is 0.504 e. The Morgan fingerprint density at radius 2 is 1.68 bits per heavy atom. The van der Waals surface area contributed by atoms with Crippen molar-refractivity contribution in [1.29, 1.82) is 0 Å². The zero-order chi connectivity index (χ0) is 18.0. The summed E-state index contributed by atoms with van der Waals surface area (Å²) in [6.07, 6.45) is 1.47. The molecule has 0 fully saturated rings. The van der Waals surface area contributed by atoms with Crippen LogP contribution in [-0.4, -0.2) is 31.7 Å². The molecule has 0 saturated heterocycles. The van der Waals surface area contributed by atoms with Crippen LogP contribution in [0.1, 0.15) is 0 Å². The van der Waals surface area contributed by atoms with Crippen LogP contribution in [0.2, 0.25) is 0 Å². The fraction of sp³-hybridized carbons (Fsp3) is 0.111. The quantitative estimate of drug-likeness (QED) is 0.757. The van der Waals surface area contributed by atoms with Gasteiger partial charge in [0.15, 0.2) is 11.5 Å². The zero-order valence-electron chi connectivity index (χ0n) is 13.7. The molecule has 25 heavy (non-hydrogen) atoms. The Balaban J connectivity index is 2.07. The number of hydrogen-bond donors (Lipinski definition) is 1. The summed E-state index contributed by atoms with van der Waals surface area (Å²) in [5.74, 6) is 0.834. The van der Waals surface area contributed by atoms with E-state index < -0.39 is 10.0 Å². The fourth-order valence-electron chi connectivity index (χ4n) is 2.51. The maximum atomic E-state index is 12.9. The van der Waals surface area contributed by atoms with Crippen LogP contribution < -0.4 is 9.47 Å². The van der Waals surface area contributed by atoms with Gasteiger partial charge >= 0.3 is 0 Å². The smallest absolute Gasteiger partial charge is 0.268 e. The zero-order valence-corrected chi connectivity index (χ0v) is 14.5. The van der Waals surface area contributed by atoms with E-state index >= 15 is 0 Å². The van der Waals surface area contributed by atoms with Crippen molar-refractivity contribution in [3.63, 3.8) is 0 Å². The molecule has 0 atom stereocenters. The number of nitrogens with zero attached hydrogens (tertiary/aromatic N) is 1. The molecule has 0 amide bonds. The molecule has 7 heteroatoms. The minimum atomic E-state index is -3.78. The first-order chi connectivity index (χ1) is 12.0. The van der Waals surface area contributed by atoms with Crippen molar-refractivity contribution in [2.75, 3.05) is 14.2 Å². The fourth-order valence-corrected chi connectivity index (χ4v) is 3.87. The standard InChI is InChI=1S/C18H17NO5S/c1-23-14-6-8-15(9-7-14)25(21,22)19-11-3-4-16(19)13-5-10-18(24-2)17(20)12-13/h3-12,20H,1-2H3. The van der Waals surface area contributed by atoms with Gasteiger partial charge in [-0.25, -0.2) is 12.4 Å². The van der Waals surface area contributed by atoms with Crippen molar-refractivity contribution in [3.05, 3.63) is 60.8 Å². The highest BCUT2D eigenvalue weighted by atomic mass is 32.2. The van der Waals surface area contributed by atoms with Gasteiger partial charge in [0, 0.05) is 11.8 Å². The van der Waals surface area contributed by atoms with Gasteiger partial charge in [0.05, 0.1) is 24.8 Å². The van der Waals surface area contributed by atoms with Crippen LogP contribution in [0.4, 0.5) is 0 Å². The van der Waals surface area contributed by atoms with E-state index in [1.54, 1.807) is 36.4 Å². The van der Waals surface area contributed by atoms with Gasteiger partial charge in [-0.2, -0.15) is 0 Å². The van der Waals surface area contributed by atoms with Gasteiger partial charge in [-0.1, -0.05) is 0 Å². The van der Waals surface area contributed by atoms with E-state index in [2.05, 4.69) is 0 Å². The predicted octanol–water partition coefficient (Wildman–Crippen LogP) is 3.11. The second-order valence-corrected chi connectivity index (χ2v) is 7.07. The summed E-state index contributed by atoms with van der Waals surface area (Å²) in [5, 5.41) is 9.96. The normalized spacial score (nSPS) is 11.3. The Labute approximate surface area is 145 Å². The average molecular weight is 359 g/mol. The molecule has 0 unspecified atom stereocenters. The highest BCUT2D eigenvalue weighted by Crippen LogP contribution is 2.33. The summed E-state index contributed by atoms with van der Waals surface area (Å²) in [6.45, 7) is 0. The van der Waals surface area contributed by atoms with Crippen LogP contribution in [0, 0.1) is 0 Å². The maximum absolute atomic E-state index is 12.9. The van der Waals surface area contributed by atoms with Crippen molar-refractivity contribution < 1.29 is 23.0 Å². The van der Waals surface area contributed by atoms with Crippen LogP contribution in [0.5, 0.6) is 17.2 Å². The molecule has 1 N–H and O–H groups in total. The molecule has 0 aliphatic rings. The van der Waals surface area contributed by atoms with E-state index in [4.69, 9.17) is 9.47 Å². The summed E-state index contributed by atoms with van der Waals surface area (Å²) < 4.78 is 37.1. The molecule has 0 bridgehead atoms. The molecule has 0 spiro atoms. The van der Waals surface area contributed by atoms with Crippen molar-refractivity contribution in [3.8, 4) is 28.5 Å². The van der Waals surface area contributed by atoms with Gasteiger partial charge in [-0.3, -0.25) is 0 Å². The third-order valence-electron chi connectivity index (χ3n) is 3.80.